The number of methoxy groups -OCH3 is 1. The van der Waals surface area contributed by atoms with Crippen molar-refractivity contribution in [2.24, 2.45) is 5.92 Å². The van der Waals surface area contributed by atoms with Gasteiger partial charge in [-0.3, -0.25) is 0 Å². The number of alkyl halides is 3. The van der Waals surface area contributed by atoms with Crippen LogP contribution in [0.4, 0.5) is 13.2 Å². The summed E-state index contributed by atoms with van der Waals surface area (Å²) < 4.78 is 40.9. The number of ether oxygens (including phenoxy) is 1. The van der Waals surface area contributed by atoms with Crippen LogP contribution in [0.1, 0.15) is 26.2 Å². The molecule has 0 fully saturated rings. The molecule has 2 unspecified atom stereocenters. The highest BCUT2D eigenvalue weighted by Gasteiger charge is 2.29. The minimum Gasteiger partial charge on any atom is -0.385 e. The van der Waals surface area contributed by atoms with E-state index in [1.807, 2.05) is 6.92 Å². The highest BCUT2D eigenvalue weighted by molar-refractivity contribution is 4.73. The molecular weight excluding hydrogens is 207 g/mol. The van der Waals surface area contributed by atoms with Gasteiger partial charge in [-0.05, 0) is 25.8 Å². The molecule has 0 amide bonds. The Morgan fingerprint density at radius 2 is 1.87 bits per heavy atom. The fourth-order valence-corrected chi connectivity index (χ4v) is 1.54. The van der Waals surface area contributed by atoms with Crippen molar-refractivity contribution in [1.29, 1.82) is 0 Å². The first-order valence-electron chi connectivity index (χ1n) is 5.13. The van der Waals surface area contributed by atoms with Crippen LogP contribution in [-0.4, -0.2) is 33.0 Å². The minimum absolute atomic E-state index is 0.0956. The van der Waals surface area contributed by atoms with Gasteiger partial charge in [0.05, 0.1) is 0 Å². The van der Waals surface area contributed by atoms with E-state index in [0.717, 1.165) is 6.42 Å². The molecule has 0 aliphatic heterocycles. The lowest BCUT2D eigenvalue weighted by atomic mass is 9.94. The fourth-order valence-electron chi connectivity index (χ4n) is 1.54. The van der Waals surface area contributed by atoms with Crippen molar-refractivity contribution in [1.82, 2.24) is 5.32 Å². The number of hydrogen-bond acceptors (Lipinski definition) is 2. The summed E-state index contributed by atoms with van der Waals surface area (Å²) in [4.78, 5) is 0. The van der Waals surface area contributed by atoms with Crippen LogP contribution < -0.4 is 5.32 Å². The maximum absolute atomic E-state index is 12.0. The SMILES string of the molecule is CNC(CCC(F)(F)F)C(C)CCOC. The summed E-state index contributed by atoms with van der Waals surface area (Å²) in [6.07, 6.45) is -3.88. The summed E-state index contributed by atoms with van der Waals surface area (Å²) in [6.45, 7) is 2.53. The average molecular weight is 227 g/mol. The minimum atomic E-state index is -4.06. The van der Waals surface area contributed by atoms with Crippen molar-refractivity contribution in [2.45, 2.75) is 38.4 Å². The number of rotatable bonds is 7. The van der Waals surface area contributed by atoms with Gasteiger partial charge in [0.15, 0.2) is 0 Å². The monoisotopic (exact) mass is 227 g/mol. The second-order valence-electron chi connectivity index (χ2n) is 3.81. The van der Waals surface area contributed by atoms with E-state index in [4.69, 9.17) is 4.74 Å². The van der Waals surface area contributed by atoms with Crippen LogP contribution in [0.5, 0.6) is 0 Å². The Balaban J connectivity index is 3.90. The second-order valence-corrected chi connectivity index (χ2v) is 3.81. The first-order chi connectivity index (χ1) is 6.90. The molecule has 0 radical (unpaired) electrons. The molecule has 1 N–H and O–H groups in total. The maximum atomic E-state index is 12.0. The van der Waals surface area contributed by atoms with E-state index in [9.17, 15) is 13.2 Å². The Kier molecular flexibility index (Phi) is 6.92. The Morgan fingerprint density at radius 1 is 1.27 bits per heavy atom. The predicted octanol–water partition coefficient (Wildman–Crippen LogP) is 2.59. The van der Waals surface area contributed by atoms with E-state index in [-0.39, 0.29) is 18.4 Å². The zero-order chi connectivity index (χ0) is 11.9. The van der Waals surface area contributed by atoms with E-state index in [1.54, 1.807) is 14.2 Å². The van der Waals surface area contributed by atoms with Crippen molar-refractivity contribution >= 4 is 0 Å². The quantitative estimate of drug-likeness (QED) is 0.721. The molecule has 0 aliphatic carbocycles. The zero-order valence-electron chi connectivity index (χ0n) is 9.53. The van der Waals surface area contributed by atoms with Gasteiger partial charge < -0.3 is 10.1 Å². The van der Waals surface area contributed by atoms with Crippen LogP contribution >= 0.6 is 0 Å². The number of hydrogen-bond donors (Lipinski definition) is 1. The van der Waals surface area contributed by atoms with E-state index < -0.39 is 12.6 Å². The molecule has 0 spiro atoms. The normalized spacial score (nSPS) is 16.4. The lowest BCUT2D eigenvalue weighted by molar-refractivity contribution is -0.137. The summed E-state index contributed by atoms with van der Waals surface area (Å²) in [5.41, 5.74) is 0. The van der Waals surface area contributed by atoms with Gasteiger partial charge in [-0.25, -0.2) is 0 Å². The fraction of sp³-hybridized carbons (Fsp3) is 1.00. The van der Waals surface area contributed by atoms with Crippen molar-refractivity contribution < 1.29 is 17.9 Å². The first-order valence-corrected chi connectivity index (χ1v) is 5.13. The summed E-state index contributed by atoms with van der Waals surface area (Å²) in [5, 5.41) is 2.93. The summed E-state index contributed by atoms with van der Waals surface area (Å²) in [6, 6.07) is -0.0956. The first kappa shape index (κ1) is 14.7. The van der Waals surface area contributed by atoms with Crippen LogP contribution in [0.25, 0.3) is 0 Å². The largest absolute Gasteiger partial charge is 0.389 e. The van der Waals surface area contributed by atoms with Gasteiger partial charge >= 0.3 is 6.18 Å². The molecular formula is C10H20F3NO. The molecule has 5 heteroatoms. The second kappa shape index (κ2) is 7.06. The molecule has 2 nitrogen and oxygen atoms in total. The van der Waals surface area contributed by atoms with Gasteiger partial charge in [0.25, 0.3) is 0 Å². The molecule has 0 aromatic rings. The summed E-state index contributed by atoms with van der Waals surface area (Å²) in [5.74, 6) is 0.192. The van der Waals surface area contributed by atoms with Gasteiger partial charge in [-0.2, -0.15) is 13.2 Å². The smallest absolute Gasteiger partial charge is 0.385 e. The molecule has 0 rings (SSSR count). The molecule has 92 valence electrons. The molecule has 0 saturated carbocycles. The standard InChI is InChI=1S/C10H20F3NO/c1-8(5-7-15-3)9(14-2)4-6-10(11,12)13/h8-9,14H,4-7H2,1-3H3. The highest BCUT2D eigenvalue weighted by atomic mass is 19.4. The Labute approximate surface area is 89.2 Å². The van der Waals surface area contributed by atoms with Crippen molar-refractivity contribution in [2.75, 3.05) is 20.8 Å². The van der Waals surface area contributed by atoms with Crippen molar-refractivity contribution in [3.8, 4) is 0 Å². The highest BCUT2D eigenvalue weighted by Crippen LogP contribution is 2.24. The molecule has 0 bridgehead atoms. The van der Waals surface area contributed by atoms with Gasteiger partial charge in [0.2, 0.25) is 0 Å². The van der Waals surface area contributed by atoms with Crippen LogP contribution in [0.15, 0.2) is 0 Å². The molecule has 0 saturated heterocycles. The van der Waals surface area contributed by atoms with Gasteiger partial charge in [0.1, 0.15) is 0 Å². The predicted molar refractivity (Wildman–Crippen MR) is 53.8 cm³/mol. The third-order valence-corrected chi connectivity index (χ3v) is 2.57. The van der Waals surface area contributed by atoms with E-state index in [1.165, 1.54) is 0 Å². The lowest BCUT2D eigenvalue weighted by Crippen LogP contribution is -2.34. The average Bonchev–Trinajstić information content (AvgIpc) is 2.13. The Hall–Kier alpha value is -0.290. The summed E-state index contributed by atoms with van der Waals surface area (Å²) in [7, 11) is 3.29. The van der Waals surface area contributed by atoms with Crippen LogP contribution in [0.2, 0.25) is 0 Å². The van der Waals surface area contributed by atoms with Crippen molar-refractivity contribution in [3.63, 3.8) is 0 Å². The molecule has 15 heavy (non-hydrogen) atoms. The molecule has 0 heterocycles. The molecule has 2 atom stereocenters. The topological polar surface area (TPSA) is 21.3 Å². The maximum Gasteiger partial charge on any atom is 0.389 e. The van der Waals surface area contributed by atoms with Crippen LogP contribution in [0.3, 0.4) is 0 Å². The molecule has 0 aliphatic rings. The molecule has 0 aromatic heterocycles. The van der Waals surface area contributed by atoms with Crippen LogP contribution in [-0.2, 0) is 4.74 Å². The zero-order valence-corrected chi connectivity index (χ0v) is 9.53. The van der Waals surface area contributed by atoms with E-state index in [2.05, 4.69) is 5.32 Å². The Morgan fingerprint density at radius 3 is 2.27 bits per heavy atom. The van der Waals surface area contributed by atoms with Gasteiger partial charge in [-0.1, -0.05) is 6.92 Å². The van der Waals surface area contributed by atoms with Gasteiger partial charge in [0, 0.05) is 26.2 Å². The van der Waals surface area contributed by atoms with Crippen LogP contribution in [0, 0.1) is 5.92 Å². The Bertz CT molecular complexity index is 161. The lowest BCUT2D eigenvalue weighted by Gasteiger charge is -2.23. The third kappa shape index (κ3) is 7.62. The number of halogens is 3. The third-order valence-electron chi connectivity index (χ3n) is 2.57. The van der Waals surface area contributed by atoms with Gasteiger partial charge in [-0.15, -0.1) is 0 Å². The number of nitrogens with one attached hydrogen (secondary N) is 1. The molecule has 0 aromatic carbocycles. The van der Waals surface area contributed by atoms with E-state index in [0.29, 0.717) is 6.61 Å². The van der Waals surface area contributed by atoms with Crippen molar-refractivity contribution in [3.05, 3.63) is 0 Å². The summed E-state index contributed by atoms with van der Waals surface area (Å²) >= 11 is 0. The van der Waals surface area contributed by atoms with E-state index >= 15 is 0 Å².